The van der Waals surface area contributed by atoms with Crippen molar-refractivity contribution in [3.8, 4) is 0 Å². The van der Waals surface area contributed by atoms with Crippen molar-refractivity contribution in [1.29, 1.82) is 0 Å². The minimum Gasteiger partial charge on any atom is -0.401 e. The number of allylic oxidation sites excluding steroid dienone is 2. The van der Waals surface area contributed by atoms with Gasteiger partial charge in [-0.25, -0.2) is 16.7 Å². The smallest absolute Gasteiger partial charge is 0.143 e. The second-order valence-corrected chi connectivity index (χ2v) is 10.6. The zero-order valence-electron chi connectivity index (χ0n) is 23.6. The predicted octanol–water partition coefficient (Wildman–Crippen LogP) is 3.51. The van der Waals surface area contributed by atoms with E-state index in [4.69, 9.17) is 37.9 Å². The number of nitrogens with zero attached hydrogens (tertiary/aromatic N) is 5. The molecular formula is C30H39N9O. The van der Waals surface area contributed by atoms with Gasteiger partial charge in [0, 0.05) is 55.8 Å². The predicted molar refractivity (Wildman–Crippen MR) is 161 cm³/mol. The molecule has 0 amide bonds. The van der Waals surface area contributed by atoms with Crippen LogP contribution in [0.15, 0.2) is 66.1 Å². The lowest BCUT2D eigenvalue weighted by atomic mass is 9.86. The molecule has 0 bridgehead atoms. The summed E-state index contributed by atoms with van der Waals surface area (Å²) in [6.45, 7) is 5.12. The van der Waals surface area contributed by atoms with Crippen LogP contribution in [0.1, 0.15) is 49.6 Å². The van der Waals surface area contributed by atoms with Crippen LogP contribution in [-0.2, 0) is 4.74 Å². The van der Waals surface area contributed by atoms with E-state index in [1.807, 2.05) is 32.2 Å². The number of hydrogen-bond acceptors (Lipinski definition) is 9. The lowest BCUT2D eigenvalue weighted by Crippen LogP contribution is -2.28. The van der Waals surface area contributed by atoms with E-state index in [9.17, 15) is 0 Å². The Kier molecular flexibility index (Phi) is 7.66. The zero-order valence-corrected chi connectivity index (χ0v) is 23.6. The maximum Gasteiger partial charge on any atom is 0.143 e. The number of rotatable bonds is 7. The molecule has 1 unspecified atom stereocenters. The Hall–Kier alpha value is -4.12. The minimum atomic E-state index is -0.00563. The molecule has 1 saturated heterocycles. The molecule has 1 fully saturated rings. The van der Waals surface area contributed by atoms with E-state index >= 15 is 0 Å². The van der Waals surface area contributed by atoms with Crippen molar-refractivity contribution in [1.82, 2.24) is 24.6 Å². The first kappa shape index (κ1) is 27.4. The van der Waals surface area contributed by atoms with Crippen molar-refractivity contribution in [3.63, 3.8) is 0 Å². The van der Waals surface area contributed by atoms with Gasteiger partial charge in [0.2, 0.25) is 0 Å². The quantitative estimate of drug-likeness (QED) is 0.203. The van der Waals surface area contributed by atoms with E-state index < -0.39 is 0 Å². The van der Waals surface area contributed by atoms with Crippen LogP contribution in [0.2, 0.25) is 0 Å². The number of hydrazine groups is 2. The fraction of sp³-hybridized carbons (Fsp3) is 0.333. The second-order valence-electron chi connectivity index (χ2n) is 10.6. The number of nitrogens with two attached hydrogens (primary N) is 4. The van der Waals surface area contributed by atoms with Crippen molar-refractivity contribution in [2.45, 2.75) is 32.7 Å². The zero-order chi connectivity index (χ0) is 28.6. The third-order valence-corrected chi connectivity index (χ3v) is 7.59. The average Bonchev–Trinajstić information content (AvgIpc) is 3.22. The van der Waals surface area contributed by atoms with Crippen LogP contribution in [-0.4, -0.2) is 51.9 Å². The fourth-order valence-electron chi connectivity index (χ4n) is 6.00. The molecule has 0 spiro atoms. The summed E-state index contributed by atoms with van der Waals surface area (Å²) < 4.78 is 8.10. The lowest BCUT2D eigenvalue weighted by Gasteiger charge is -2.33. The Balaban J connectivity index is 1.89. The van der Waals surface area contributed by atoms with Crippen LogP contribution >= 0.6 is 0 Å². The highest BCUT2D eigenvalue weighted by molar-refractivity contribution is 6.05. The molecular weight excluding hydrogens is 502 g/mol. The summed E-state index contributed by atoms with van der Waals surface area (Å²) in [5.41, 5.74) is 20.5. The Morgan fingerprint density at radius 2 is 1.60 bits per heavy atom. The van der Waals surface area contributed by atoms with Crippen molar-refractivity contribution in [3.05, 3.63) is 82.9 Å². The molecule has 4 heterocycles. The Bertz CT molecular complexity index is 1490. The molecule has 3 aromatic heterocycles. The number of fused-ring (bicyclic) bond motifs is 3. The number of aromatic nitrogens is 3. The van der Waals surface area contributed by atoms with Crippen molar-refractivity contribution in [2.24, 2.45) is 29.1 Å². The van der Waals surface area contributed by atoms with Gasteiger partial charge in [0.25, 0.3) is 0 Å². The van der Waals surface area contributed by atoms with Gasteiger partial charge in [-0.05, 0) is 56.4 Å². The first-order valence-electron chi connectivity index (χ1n) is 13.5. The highest BCUT2D eigenvalue weighted by Crippen LogP contribution is 2.40. The number of pyridine rings is 2. The van der Waals surface area contributed by atoms with E-state index in [1.165, 1.54) is 15.6 Å². The largest absolute Gasteiger partial charge is 0.401 e. The molecule has 10 nitrogen and oxygen atoms in total. The molecule has 1 aromatic carbocycles. The molecule has 1 aliphatic rings. The number of ether oxygens (including phenoxy) is 1. The third kappa shape index (κ3) is 4.97. The standard InChI is InChI=1S/C30H39N9O/c1-18(31)27(37(3)33)22-16-25-26(35-17-22)23-10-11-24(28(19(2)32)38(4)34)36-30(23)39(25)29(20-8-6-5-7-9-20)21-12-14-40-15-13-21/h5-11,16-17,21,29H,12-15,31-34H2,1-4H3/b27-18-,28-19-. The topological polar surface area (TPSA) is 150 Å². The number of hydrogen-bond donors (Lipinski definition) is 4. The highest BCUT2D eigenvalue weighted by atomic mass is 16.5. The van der Waals surface area contributed by atoms with Crippen LogP contribution < -0.4 is 23.2 Å². The summed E-state index contributed by atoms with van der Waals surface area (Å²) in [6, 6.07) is 16.7. The Morgan fingerprint density at radius 1 is 0.950 bits per heavy atom. The van der Waals surface area contributed by atoms with Gasteiger partial charge in [-0.3, -0.25) is 4.98 Å². The van der Waals surface area contributed by atoms with Gasteiger partial charge in [-0.1, -0.05) is 30.3 Å². The van der Waals surface area contributed by atoms with Gasteiger partial charge >= 0.3 is 0 Å². The monoisotopic (exact) mass is 541 g/mol. The van der Waals surface area contributed by atoms with Gasteiger partial charge in [0.05, 0.1) is 34.2 Å². The molecule has 4 aromatic rings. The summed E-state index contributed by atoms with van der Waals surface area (Å²) in [5, 5.41) is 3.99. The molecule has 1 aliphatic heterocycles. The third-order valence-electron chi connectivity index (χ3n) is 7.59. The molecule has 10 heteroatoms. The van der Waals surface area contributed by atoms with Crippen molar-refractivity contribution < 1.29 is 4.74 Å². The van der Waals surface area contributed by atoms with E-state index in [-0.39, 0.29) is 6.04 Å². The average molecular weight is 542 g/mol. The van der Waals surface area contributed by atoms with Crippen LogP contribution in [0.5, 0.6) is 0 Å². The number of benzene rings is 1. The van der Waals surface area contributed by atoms with Crippen molar-refractivity contribution >= 4 is 33.5 Å². The molecule has 0 radical (unpaired) electrons. The fourth-order valence-corrected chi connectivity index (χ4v) is 6.00. The van der Waals surface area contributed by atoms with E-state index in [2.05, 4.69) is 41.0 Å². The van der Waals surface area contributed by atoms with Gasteiger partial charge in [0.15, 0.2) is 0 Å². The van der Waals surface area contributed by atoms with Gasteiger partial charge in [-0.2, -0.15) is 0 Å². The van der Waals surface area contributed by atoms with Crippen LogP contribution in [0, 0.1) is 5.92 Å². The molecule has 8 N–H and O–H groups in total. The Labute approximate surface area is 234 Å². The van der Waals surface area contributed by atoms with Gasteiger partial charge < -0.3 is 30.8 Å². The molecule has 1 atom stereocenters. The van der Waals surface area contributed by atoms with Gasteiger partial charge in [-0.15, -0.1) is 0 Å². The van der Waals surface area contributed by atoms with Gasteiger partial charge in [0.1, 0.15) is 5.65 Å². The molecule has 5 rings (SSSR count). The minimum absolute atomic E-state index is 0.00563. The van der Waals surface area contributed by atoms with Crippen LogP contribution in [0.4, 0.5) is 0 Å². The van der Waals surface area contributed by atoms with Crippen LogP contribution in [0.3, 0.4) is 0 Å². The molecule has 210 valence electrons. The summed E-state index contributed by atoms with van der Waals surface area (Å²) in [7, 11) is 3.54. The van der Waals surface area contributed by atoms with E-state index in [0.29, 0.717) is 28.7 Å². The second kappa shape index (κ2) is 11.2. The SMILES string of the molecule is C/C(N)=C(\c1cnc2c3ccc(/C(=C(\C)N)N(C)N)nc3n(C(c3ccccc3)C3CCOCC3)c2c1)N(C)N. The normalized spacial score (nSPS) is 16.6. The summed E-state index contributed by atoms with van der Waals surface area (Å²) in [6.07, 6.45) is 3.69. The summed E-state index contributed by atoms with van der Waals surface area (Å²) in [4.78, 5) is 10.2. The molecule has 0 saturated carbocycles. The van der Waals surface area contributed by atoms with E-state index in [1.54, 1.807) is 14.1 Å². The highest BCUT2D eigenvalue weighted by Gasteiger charge is 2.31. The molecule has 40 heavy (non-hydrogen) atoms. The summed E-state index contributed by atoms with van der Waals surface area (Å²) in [5.74, 6) is 12.7. The Morgan fingerprint density at radius 3 is 2.20 bits per heavy atom. The van der Waals surface area contributed by atoms with E-state index in [0.717, 1.165) is 59.4 Å². The maximum absolute atomic E-state index is 6.27. The van der Waals surface area contributed by atoms with Crippen LogP contribution in [0.25, 0.3) is 33.5 Å². The maximum atomic E-state index is 6.27. The first-order valence-corrected chi connectivity index (χ1v) is 13.5. The summed E-state index contributed by atoms with van der Waals surface area (Å²) >= 11 is 0. The first-order chi connectivity index (χ1) is 19.2. The van der Waals surface area contributed by atoms with Crippen molar-refractivity contribution in [2.75, 3.05) is 27.3 Å². The molecule has 0 aliphatic carbocycles. The lowest BCUT2D eigenvalue weighted by molar-refractivity contribution is 0.0552.